The first-order valence-electron chi connectivity index (χ1n) is 7.35. The van der Waals surface area contributed by atoms with E-state index < -0.39 is 5.60 Å². The number of hydrogen-bond acceptors (Lipinski definition) is 5. The van der Waals surface area contributed by atoms with Crippen LogP contribution in [0.15, 0.2) is 17.8 Å². The van der Waals surface area contributed by atoms with Crippen LogP contribution in [0.1, 0.15) is 39.0 Å². The molecule has 0 saturated heterocycles. The van der Waals surface area contributed by atoms with Gasteiger partial charge in [-0.2, -0.15) is 0 Å². The SMILES string of the molecule is CCC1CCC(O)(CNc2ncnc3sccc23)CC1. The Bertz CT molecular complexity index is 575. The molecule has 1 aliphatic carbocycles. The number of aliphatic hydroxyl groups is 1. The highest BCUT2D eigenvalue weighted by molar-refractivity contribution is 7.16. The summed E-state index contributed by atoms with van der Waals surface area (Å²) in [4.78, 5) is 9.53. The third-order valence-corrected chi connectivity index (χ3v) is 5.28. The summed E-state index contributed by atoms with van der Waals surface area (Å²) in [6.45, 7) is 2.81. The largest absolute Gasteiger partial charge is 0.388 e. The summed E-state index contributed by atoms with van der Waals surface area (Å²) in [6.07, 6.45) is 6.84. The van der Waals surface area contributed by atoms with Gasteiger partial charge in [-0.1, -0.05) is 13.3 Å². The minimum Gasteiger partial charge on any atom is -0.388 e. The Balaban J connectivity index is 1.66. The molecule has 0 bridgehead atoms. The van der Waals surface area contributed by atoms with E-state index >= 15 is 0 Å². The summed E-state index contributed by atoms with van der Waals surface area (Å²) < 4.78 is 0. The van der Waals surface area contributed by atoms with Crippen molar-refractivity contribution in [2.75, 3.05) is 11.9 Å². The van der Waals surface area contributed by atoms with Gasteiger partial charge in [0.1, 0.15) is 17.0 Å². The molecule has 1 fully saturated rings. The molecule has 0 aromatic carbocycles. The van der Waals surface area contributed by atoms with Crippen molar-refractivity contribution < 1.29 is 5.11 Å². The Kier molecular flexibility index (Phi) is 3.89. The molecule has 4 nitrogen and oxygen atoms in total. The zero-order valence-corrected chi connectivity index (χ0v) is 12.6. The van der Waals surface area contributed by atoms with E-state index in [2.05, 4.69) is 22.2 Å². The first-order valence-corrected chi connectivity index (χ1v) is 8.22. The van der Waals surface area contributed by atoms with Crippen molar-refractivity contribution >= 4 is 27.4 Å². The monoisotopic (exact) mass is 291 g/mol. The van der Waals surface area contributed by atoms with E-state index in [4.69, 9.17) is 0 Å². The number of nitrogens with one attached hydrogen (secondary N) is 1. The van der Waals surface area contributed by atoms with Gasteiger partial charge in [-0.25, -0.2) is 9.97 Å². The lowest BCUT2D eigenvalue weighted by atomic mass is 9.78. The molecule has 20 heavy (non-hydrogen) atoms. The number of anilines is 1. The Morgan fingerprint density at radius 2 is 2.20 bits per heavy atom. The van der Waals surface area contributed by atoms with Gasteiger partial charge < -0.3 is 10.4 Å². The van der Waals surface area contributed by atoms with Crippen LogP contribution < -0.4 is 5.32 Å². The van der Waals surface area contributed by atoms with Crippen LogP contribution in [0.4, 0.5) is 5.82 Å². The van der Waals surface area contributed by atoms with Gasteiger partial charge in [0.05, 0.1) is 11.0 Å². The molecule has 1 aliphatic rings. The van der Waals surface area contributed by atoms with Crippen molar-refractivity contribution in [1.29, 1.82) is 0 Å². The van der Waals surface area contributed by atoms with E-state index in [1.54, 1.807) is 17.7 Å². The molecule has 2 N–H and O–H groups in total. The van der Waals surface area contributed by atoms with E-state index in [1.807, 2.05) is 11.4 Å². The minimum atomic E-state index is -0.584. The fraction of sp³-hybridized carbons (Fsp3) is 0.600. The van der Waals surface area contributed by atoms with E-state index in [9.17, 15) is 5.11 Å². The molecule has 0 radical (unpaired) electrons. The predicted octanol–water partition coefficient (Wildman–Crippen LogP) is 3.43. The Morgan fingerprint density at radius 1 is 1.40 bits per heavy atom. The van der Waals surface area contributed by atoms with Gasteiger partial charge in [-0.15, -0.1) is 11.3 Å². The fourth-order valence-corrected chi connectivity index (χ4v) is 3.71. The lowest BCUT2D eigenvalue weighted by Crippen LogP contribution is -2.40. The normalized spacial score (nSPS) is 26.8. The molecular weight excluding hydrogens is 270 g/mol. The molecule has 0 amide bonds. The maximum Gasteiger partial charge on any atom is 0.138 e. The number of nitrogens with zero attached hydrogens (tertiary/aromatic N) is 2. The first-order chi connectivity index (χ1) is 9.70. The highest BCUT2D eigenvalue weighted by Crippen LogP contribution is 2.34. The topological polar surface area (TPSA) is 58.0 Å². The quantitative estimate of drug-likeness (QED) is 0.906. The summed E-state index contributed by atoms with van der Waals surface area (Å²) >= 11 is 1.61. The van der Waals surface area contributed by atoms with Crippen molar-refractivity contribution in [3.05, 3.63) is 17.8 Å². The smallest absolute Gasteiger partial charge is 0.138 e. The van der Waals surface area contributed by atoms with Gasteiger partial charge in [0.15, 0.2) is 0 Å². The molecule has 0 spiro atoms. The van der Waals surface area contributed by atoms with Crippen LogP contribution in [-0.4, -0.2) is 27.2 Å². The molecule has 2 aromatic heterocycles. The number of rotatable bonds is 4. The standard InChI is InChI=1S/C15H21N3OS/c1-2-11-3-6-15(19,7-4-11)9-16-13-12-5-8-20-14(12)18-10-17-13/h5,8,10-11,19H,2-4,6-7,9H2,1H3,(H,16,17,18). The summed E-state index contributed by atoms with van der Waals surface area (Å²) in [5.41, 5.74) is -0.584. The second-order valence-electron chi connectivity index (χ2n) is 5.79. The van der Waals surface area contributed by atoms with Gasteiger partial charge in [0.2, 0.25) is 0 Å². The summed E-state index contributed by atoms with van der Waals surface area (Å²) in [5.74, 6) is 1.63. The molecule has 0 unspecified atom stereocenters. The van der Waals surface area contributed by atoms with Crippen molar-refractivity contribution in [2.45, 2.75) is 44.6 Å². The molecule has 0 aliphatic heterocycles. The number of thiophene rings is 1. The van der Waals surface area contributed by atoms with Crippen molar-refractivity contribution in [3.63, 3.8) is 0 Å². The van der Waals surface area contributed by atoms with Crippen LogP contribution in [0.2, 0.25) is 0 Å². The Hall–Kier alpha value is -1.20. The van der Waals surface area contributed by atoms with E-state index in [1.165, 1.54) is 6.42 Å². The molecule has 5 heteroatoms. The number of fused-ring (bicyclic) bond motifs is 1. The summed E-state index contributed by atoms with van der Waals surface area (Å²) in [7, 11) is 0. The van der Waals surface area contributed by atoms with Gasteiger partial charge in [-0.05, 0) is 43.0 Å². The minimum absolute atomic E-state index is 0.575. The maximum absolute atomic E-state index is 10.7. The van der Waals surface area contributed by atoms with Gasteiger partial charge >= 0.3 is 0 Å². The fourth-order valence-electron chi connectivity index (χ4n) is 2.98. The van der Waals surface area contributed by atoms with Crippen LogP contribution in [0.5, 0.6) is 0 Å². The third-order valence-electron chi connectivity index (χ3n) is 4.46. The Labute approximate surface area is 123 Å². The van der Waals surface area contributed by atoms with Crippen molar-refractivity contribution in [2.24, 2.45) is 5.92 Å². The Morgan fingerprint density at radius 3 is 2.95 bits per heavy atom. The number of aromatic nitrogens is 2. The molecule has 2 aromatic rings. The highest BCUT2D eigenvalue weighted by Gasteiger charge is 2.32. The second-order valence-corrected chi connectivity index (χ2v) is 6.69. The van der Waals surface area contributed by atoms with E-state index in [0.29, 0.717) is 6.54 Å². The average molecular weight is 291 g/mol. The zero-order valence-electron chi connectivity index (χ0n) is 11.8. The van der Waals surface area contributed by atoms with E-state index in [-0.39, 0.29) is 0 Å². The van der Waals surface area contributed by atoms with Crippen LogP contribution in [0.3, 0.4) is 0 Å². The molecule has 1 saturated carbocycles. The van der Waals surface area contributed by atoms with Gasteiger partial charge in [0, 0.05) is 6.54 Å². The highest BCUT2D eigenvalue weighted by atomic mass is 32.1. The lowest BCUT2D eigenvalue weighted by molar-refractivity contribution is 0.00225. The zero-order chi connectivity index (χ0) is 14.0. The second kappa shape index (κ2) is 5.66. The van der Waals surface area contributed by atoms with Crippen molar-refractivity contribution in [1.82, 2.24) is 9.97 Å². The average Bonchev–Trinajstić information content (AvgIpc) is 2.95. The maximum atomic E-state index is 10.7. The van der Waals surface area contributed by atoms with Crippen molar-refractivity contribution in [3.8, 4) is 0 Å². The van der Waals surface area contributed by atoms with Crippen LogP contribution in [-0.2, 0) is 0 Å². The third kappa shape index (κ3) is 2.79. The molecule has 108 valence electrons. The van der Waals surface area contributed by atoms with E-state index in [0.717, 1.165) is 47.6 Å². The number of hydrogen-bond donors (Lipinski definition) is 2. The van der Waals surface area contributed by atoms with Crippen LogP contribution in [0, 0.1) is 5.92 Å². The molecule has 0 atom stereocenters. The summed E-state index contributed by atoms with van der Waals surface area (Å²) in [6, 6.07) is 2.03. The van der Waals surface area contributed by atoms with Crippen LogP contribution >= 0.6 is 11.3 Å². The molecule has 2 heterocycles. The molecular formula is C15H21N3OS. The van der Waals surface area contributed by atoms with Crippen LogP contribution in [0.25, 0.3) is 10.2 Å². The summed E-state index contributed by atoms with van der Waals surface area (Å²) in [5, 5.41) is 17.1. The molecule has 3 rings (SSSR count). The van der Waals surface area contributed by atoms with Gasteiger partial charge in [-0.3, -0.25) is 0 Å². The van der Waals surface area contributed by atoms with Gasteiger partial charge in [0.25, 0.3) is 0 Å². The lowest BCUT2D eigenvalue weighted by Gasteiger charge is -2.36. The predicted molar refractivity (Wildman–Crippen MR) is 83.1 cm³/mol. The first kappa shape index (κ1) is 13.8.